The molecule has 1 aliphatic rings. The SMILES string of the molecule is CC.CC(C)N1CCN(Cc2cscn2)CC1. The Morgan fingerprint density at radius 1 is 1.24 bits per heavy atom. The normalized spacial score (nSPS) is 17.9. The summed E-state index contributed by atoms with van der Waals surface area (Å²) >= 11 is 1.69. The van der Waals surface area contributed by atoms with Crippen molar-refractivity contribution in [3.8, 4) is 0 Å². The third-order valence-electron chi connectivity index (χ3n) is 3.01. The number of thiazole rings is 1. The summed E-state index contributed by atoms with van der Waals surface area (Å²) < 4.78 is 0. The van der Waals surface area contributed by atoms with Crippen molar-refractivity contribution < 1.29 is 0 Å². The lowest BCUT2D eigenvalue weighted by Gasteiger charge is -2.36. The zero-order valence-electron chi connectivity index (χ0n) is 11.5. The number of hydrogen-bond acceptors (Lipinski definition) is 4. The summed E-state index contributed by atoms with van der Waals surface area (Å²) in [7, 11) is 0. The molecule has 0 aliphatic carbocycles. The summed E-state index contributed by atoms with van der Waals surface area (Å²) in [5.41, 5.74) is 3.14. The lowest BCUT2D eigenvalue weighted by atomic mass is 10.2. The van der Waals surface area contributed by atoms with Crippen molar-refractivity contribution in [2.45, 2.75) is 40.3 Å². The largest absolute Gasteiger partial charge is 0.298 e. The van der Waals surface area contributed by atoms with E-state index in [2.05, 4.69) is 34.0 Å². The van der Waals surface area contributed by atoms with Gasteiger partial charge in [-0.05, 0) is 13.8 Å². The van der Waals surface area contributed by atoms with Crippen LogP contribution in [0.4, 0.5) is 0 Å². The van der Waals surface area contributed by atoms with Crippen LogP contribution in [0, 0.1) is 0 Å². The molecule has 1 aliphatic heterocycles. The van der Waals surface area contributed by atoms with E-state index < -0.39 is 0 Å². The molecule has 0 radical (unpaired) electrons. The molecule has 0 saturated carbocycles. The first kappa shape index (κ1) is 14.6. The van der Waals surface area contributed by atoms with Crippen LogP contribution in [-0.4, -0.2) is 47.0 Å². The van der Waals surface area contributed by atoms with Crippen LogP contribution in [0.15, 0.2) is 10.9 Å². The van der Waals surface area contributed by atoms with Crippen molar-refractivity contribution in [2.24, 2.45) is 0 Å². The Morgan fingerprint density at radius 3 is 2.35 bits per heavy atom. The van der Waals surface area contributed by atoms with Gasteiger partial charge in [-0.25, -0.2) is 4.98 Å². The Bertz CT molecular complexity index is 277. The molecule has 1 aromatic rings. The molecule has 0 bridgehead atoms. The predicted octanol–water partition coefficient (Wildman–Crippen LogP) is 2.70. The van der Waals surface area contributed by atoms with Gasteiger partial charge >= 0.3 is 0 Å². The summed E-state index contributed by atoms with van der Waals surface area (Å²) in [6.45, 7) is 14.3. The number of nitrogens with zero attached hydrogens (tertiary/aromatic N) is 3. The molecule has 1 fully saturated rings. The molecule has 4 heteroatoms. The van der Waals surface area contributed by atoms with Crippen molar-refractivity contribution in [2.75, 3.05) is 26.2 Å². The molecule has 2 heterocycles. The van der Waals surface area contributed by atoms with Crippen molar-refractivity contribution >= 4 is 11.3 Å². The van der Waals surface area contributed by atoms with Crippen molar-refractivity contribution in [3.05, 3.63) is 16.6 Å². The molecule has 1 saturated heterocycles. The molecule has 0 N–H and O–H groups in total. The molecule has 0 spiro atoms. The van der Waals surface area contributed by atoms with E-state index in [0.29, 0.717) is 6.04 Å². The maximum absolute atomic E-state index is 4.33. The molecule has 17 heavy (non-hydrogen) atoms. The summed E-state index contributed by atoms with van der Waals surface area (Å²) in [6, 6.07) is 0.687. The van der Waals surface area contributed by atoms with Crippen LogP contribution in [0.5, 0.6) is 0 Å². The molecule has 2 rings (SSSR count). The molecule has 0 atom stereocenters. The van der Waals surface area contributed by atoms with Gasteiger partial charge in [0, 0.05) is 44.1 Å². The van der Waals surface area contributed by atoms with E-state index in [1.807, 2.05) is 19.4 Å². The Kier molecular flexibility index (Phi) is 6.70. The highest BCUT2D eigenvalue weighted by Gasteiger charge is 2.18. The Labute approximate surface area is 109 Å². The maximum atomic E-state index is 4.33. The zero-order chi connectivity index (χ0) is 12.7. The standard InChI is InChI=1S/C11H19N3S.C2H6/c1-10(2)14-5-3-13(4-6-14)7-11-8-15-9-12-11;1-2/h8-10H,3-7H2,1-2H3;1-2H3. The summed E-state index contributed by atoms with van der Waals surface area (Å²) in [5.74, 6) is 0. The second-order valence-corrected chi connectivity index (χ2v) is 5.10. The molecular weight excluding hydrogens is 230 g/mol. The van der Waals surface area contributed by atoms with Gasteiger partial charge in [0.1, 0.15) is 0 Å². The highest BCUT2D eigenvalue weighted by atomic mass is 32.1. The lowest BCUT2D eigenvalue weighted by Crippen LogP contribution is -2.48. The summed E-state index contributed by atoms with van der Waals surface area (Å²) in [5, 5.41) is 2.15. The van der Waals surface area contributed by atoms with E-state index in [9.17, 15) is 0 Å². The Morgan fingerprint density at radius 2 is 1.88 bits per heavy atom. The van der Waals surface area contributed by atoms with Crippen LogP contribution in [0.3, 0.4) is 0 Å². The van der Waals surface area contributed by atoms with E-state index in [1.54, 1.807) is 11.3 Å². The van der Waals surface area contributed by atoms with Crippen LogP contribution in [-0.2, 0) is 6.54 Å². The molecule has 3 nitrogen and oxygen atoms in total. The Hall–Kier alpha value is -0.450. The second-order valence-electron chi connectivity index (χ2n) is 4.39. The monoisotopic (exact) mass is 255 g/mol. The van der Waals surface area contributed by atoms with Gasteiger partial charge in [0.25, 0.3) is 0 Å². The smallest absolute Gasteiger partial charge is 0.0795 e. The zero-order valence-corrected chi connectivity index (χ0v) is 12.3. The van der Waals surface area contributed by atoms with Gasteiger partial charge < -0.3 is 0 Å². The average molecular weight is 255 g/mol. The highest BCUT2D eigenvalue weighted by Crippen LogP contribution is 2.10. The molecule has 1 aromatic heterocycles. The minimum absolute atomic E-state index is 0.687. The van der Waals surface area contributed by atoms with Crippen molar-refractivity contribution in [1.29, 1.82) is 0 Å². The quantitative estimate of drug-likeness (QED) is 0.828. The molecule has 0 aromatic carbocycles. The molecular formula is C13H25N3S. The van der Waals surface area contributed by atoms with E-state index in [-0.39, 0.29) is 0 Å². The van der Waals surface area contributed by atoms with E-state index in [4.69, 9.17) is 0 Å². The highest BCUT2D eigenvalue weighted by molar-refractivity contribution is 7.07. The van der Waals surface area contributed by atoms with Gasteiger partial charge in [-0.1, -0.05) is 13.8 Å². The van der Waals surface area contributed by atoms with Gasteiger partial charge in [0.15, 0.2) is 0 Å². The first-order valence-electron chi connectivity index (χ1n) is 6.59. The third kappa shape index (κ3) is 4.74. The van der Waals surface area contributed by atoms with Gasteiger partial charge in [-0.3, -0.25) is 9.80 Å². The van der Waals surface area contributed by atoms with Crippen LogP contribution >= 0.6 is 11.3 Å². The van der Waals surface area contributed by atoms with Crippen LogP contribution in [0.25, 0.3) is 0 Å². The number of piperazine rings is 1. The van der Waals surface area contributed by atoms with Gasteiger partial charge in [0.05, 0.1) is 11.2 Å². The fraction of sp³-hybridized carbons (Fsp3) is 0.769. The van der Waals surface area contributed by atoms with Crippen molar-refractivity contribution in [3.63, 3.8) is 0 Å². The van der Waals surface area contributed by atoms with Crippen molar-refractivity contribution in [1.82, 2.24) is 14.8 Å². The molecule has 0 unspecified atom stereocenters. The number of rotatable bonds is 3. The lowest BCUT2D eigenvalue weighted by molar-refractivity contribution is 0.103. The van der Waals surface area contributed by atoms with Crippen LogP contribution in [0.1, 0.15) is 33.4 Å². The van der Waals surface area contributed by atoms with E-state index >= 15 is 0 Å². The third-order valence-corrected chi connectivity index (χ3v) is 3.64. The second kappa shape index (κ2) is 7.80. The molecule has 0 amide bonds. The van der Waals surface area contributed by atoms with E-state index in [1.165, 1.54) is 31.9 Å². The van der Waals surface area contributed by atoms with Gasteiger partial charge in [-0.15, -0.1) is 11.3 Å². The minimum Gasteiger partial charge on any atom is -0.298 e. The fourth-order valence-corrected chi connectivity index (χ4v) is 2.53. The topological polar surface area (TPSA) is 19.4 Å². The maximum Gasteiger partial charge on any atom is 0.0795 e. The predicted molar refractivity (Wildman–Crippen MR) is 75.4 cm³/mol. The summed E-state index contributed by atoms with van der Waals surface area (Å²) in [4.78, 5) is 9.36. The average Bonchev–Trinajstić information content (AvgIpc) is 2.85. The first-order chi connectivity index (χ1) is 8.25. The number of hydrogen-bond donors (Lipinski definition) is 0. The van der Waals surface area contributed by atoms with Crippen LogP contribution < -0.4 is 0 Å². The fourth-order valence-electron chi connectivity index (χ4n) is 1.98. The Balaban J connectivity index is 0.000000686. The molecule has 98 valence electrons. The summed E-state index contributed by atoms with van der Waals surface area (Å²) in [6.07, 6.45) is 0. The van der Waals surface area contributed by atoms with Crippen LogP contribution in [0.2, 0.25) is 0 Å². The van der Waals surface area contributed by atoms with Gasteiger partial charge in [0.2, 0.25) is 0 Å². The van der Waals surface area contributed by atoms with E-state index in [0.717, 1.165) is 6.54 Å². The minimum atomic E-state index is 0.687. The first-order valence-corrected chi connectivity index (χ1v) is 7.53. The number of aromatic nitrogens is 1. The van der Waals surface area contributed by atoms with Gasteiger partial charge in [-0.2, -0.15) is 0 Å².